The molecule has 3 aliphatic heterocycles. The van der Waals surface area contributed by atoms with E-state index in [1.165, 1.54) is 23.1 Å². The molecular weight excluding hydrogens is 510 g/mol. The van der Waals surface area contributed by atoms with Crippen LogP contribution >= 0.6 is 11.3 Å². The van der Waals surface area contributed by atoms with Gasteiger partial charge in [-0.2, -0.15) is 0 Å². The normalized spacial score (nSPS) is 26.5. The van der Waals surface area contributed by atoms with Crippen molar-refractivity contribution in [3.63, 3.8) is 0 Å². The summed E-state index contributed by atoms with van der Waals surface area (Å²) in [7, 11) is 3.45. The Morgan fingerprint density at radius 1 is 1.10 bits per heavy atom. The second kappa shape index (κ2) is 10.7. The van der Waals surface area contributed by atoms with Gasteiger partial charge in [0.25, 0.3) is 0 Å². The third-order valence-electron chi connectivity index (χ3n) is 8.95. The Morgan fingerprint density at radius 2 is 1.82 bits per heavy atom. The molecule has 8 nitrogen and oxygen atoms in total. The molecule has 0 saturated carbocycles. The highest BCUT2D eigenvalue weighted by Gasteiger charge is 2.60. The summed E-state index contributed by atoms with van der Waals surface area (Å²) in [5, 5.41) is 5.39. The highest BCUT2D eigenvalue weighted by atomic mass is 32.1. The first-order valence-corrected chi connectivity index (χ1v) is 14.8. The molecule has 0 aliphatic carbocycles. The number of aromatic nitrogens is 1. The van der Waals surface area contributed by atoms with Crippen LogP contribution < -0.4 is 15.6 Å². The van der Waals surface area contributed by atoms with E-state index in [1.54, 1.807) is 16.2 Å². The van der Waals surface area contributed by atoms with Gasteiger partial charge in [0.2, 0.25) is 11.6 Å². The van der Waals surface area contributed by atoms with Crippen molar-refractivity contribution in [1.29, 1.82) is 0 Å². The lowest BCUT2D eigenvalue weighted by molar-refractivity contribution is -0.640. The molecule has 9 heteroatoms. The third kappa shape index (κ3) is 4.62. The first-order chi connectivity index (χ1) is 19.0. The molecule has 3 aliphatic rings. The number of piperidine rings is 1. The number of fused-ring (bicyclic) bond motifs is 2. The van der Waals surface area contributed by atoms with Crippen LogP contribution in [-0.2, 0) is 21.5 Å². The number of nitrogens with two attached hydrogens (primary N) is 2. The SMILES string of the molecule is C[NH2+]c1[nH+]c2c(s1)[C@@]1(C[NH2+]C[C@H]1C(=O)N1CC[C@@H](c3ccccc3)C[C@H]1c1ccccc1)CN(C(=O)OC)C2. The molecule has 5 N–H and O–H groups in total. The molecule has 1 aromatic heterocycles. The maximum absolute atomic E-state index is 14.7. The Bertz CT molecular complexity index is 1330. The molecule has 4 atom stereocenters. The van der Waals surface area contributed by atoms with E-state index in [0.29, 0.717) is 19.0 Å². The van der Waals surface area contributed by atoms with Crippen molar-refractivity contribution in [2.24, 2.45) is 5.92 Å². The van der Waals surface area contributed by atoms with E-state index >= 15 is 0 Å². The maximum Gasteiger partial charge on any atom is 0.425 e. The largest absolute Gasteiger partial charge is 0.453 e. The van der Waals surface area contributed by atoms with Gasteiger partial charge in [0.15, 0.2) is 0 Å². The molecular formula is C30H38N5O3S+3. The second-order valence-corrected chi connectivity index (χ2v) is 12.1. The molecule has 4 heterocycles. The summed E-state index contributed by atoms with van der Waals surface area (Å²) in [6.45, 7) is 3.19. The minimum absolute atomic E-state index is 0.0181. The molecule has 0 radical (unpaired) electrons. The monoisotopic (exact) mass is 548 g/mol. The Labute approximate surface area is 233 Å². The van der Waals surface area contributed by atoms with Gasteiger partial charge < -0.3 is 15.0 Å². The smallest absolute Gasteiger partial charge is 0.425 e. The van der Waals surface area contributed by atoms with E-state index in [9.17, 15) is 9.59 Å². The highest BCUT2D eigenvalue weighted by Crippen LogP contribution is 2.46. The number of nitrogens with one attached hydrogen (secondary N) is 1. The predicted molar refractivity (Wildman–Crippen MR) is 147 cm³/mol. The lowest BCUT2D eigenvalue weighted by atomic mass is 9.72. The van der Waals surface area contributed by atoms with E-state index in [0.717, 1.165) is 43.3 Å². The third-order valence-corrected chi connectivity index (χ3v) is 10.4. The van der Waals surface area contributed by atoms with Crippen molar-refractivity contribution in [3.05, 3.63) is 82.4 Å². The molecule has 2 amide bonds. The molecule has 1 spiro atoms. The fourth-order valence-corrected chi connectivity index (χ4v) is 8.30. The number of nitrogens with zero attached hydrogens (tertiary/aromatic N) is 2. The van der Waals surface area contributed by atoms with Crippen molar-refractivity contribution in [2.75, 3.05) is 40.3 Å². The van der Waals surface area contributed by atoms with E-state index in [2.05, 4.69) is 75.1 Å². The van der Waals surface area contributed by atoms with Crippen LogP contribution in [0.5, 0.6) is 0 Å². The van der Waals surface area contributed by atoms with Gasteiger partial charge in [-0.1, -0.05) is 60.7 Å². The number of carbonyl (C=O) groups is 2. The predicted octanol–water partition coefficient (Wildman–Crippen LogP) is 1.55. The molecule has 3 aromatic rings. The van der Waals surface area contributed by atoms with Crippen molar-refractivity contribution in [3.8, 4) is 0 Å². The summed E-state index contributed by atoms with van der Waals surface area (Å²) in [5.74, 6) is 0.396. The zero-order valence-corrected chi connectivity index (χ0v) is 23.5. The number of methoxy groups -OCH3 is 1. The number of aromatic amines is 1. The van der Waals surface area contributed by atoms with Crippen molar-refractivity contribution in [1.82, 2.24) is 9.80 Å². The number of amides is 2. The minimum atomic E-state index is -0.446. The molecule has 2 saturated heterocycles. The van der Waals surface area contributed by atoms with Crippen LogP contribution in [0.3, 0.4) is 0 Å². The van der Waals surface area contributed by atoms with Gasteiger partial charge in [-0.25, -0.2) is 4.79 Å². The first kappa shape index (κ1) is 26.0. The van der Waals surface area contributed by atoms with Gasteiger partial charge in [0.1, 0.15) is 17.3 Å². The topological polar surface area (TPSA) is 97.2 Å². The Morgan fingerprint density at radius 3 is 2.51 bits per heavy atom. The van der Waals surface area contributed by atoms with Crippen LogP contribution in [-0.4, -0.2) is 62.1 Å². The number of benzene rings is 2. The second-order valence-electron chi connectivity index (χ2n) is 11.0. The van der Waals surface area contributed by atoms with Gasteiger partial charge in [-0.05, 0) is 41.2 Å². The van der Waals surface area contributed by atoms with E-state index in [1.807, 2.05) is 13.1 Å². The summed E-state index contributed by atoms with van der Waals surface area (Å²) < 4.78 is 5.14. The van der Waals surface area contributed by atoms with Crippen molar-refractivity contribution >= 4 is 28.5 Å². The number of likely N-dealkylation sites (tertiary alicyclic amines) is 1. The first-order valence-electron chi connectivity index (χ1n) is 13.9. The molecule has 39 heavy (non-hydrogen) atoms. The maximum atomic E-state index is 14.7. The number of hydrogen-bond acceptors (Lipinski definition) is 4. The lowest BCUT2D eigenvalue weighted by Gasteiger charge is -2.44. The van der Waals surface area contributed by atoms with Crippen LogP contribution in [0.2, 0.25) is 0 Å². The zero-order chi connectivity index (χ0) is 27.0. The number of rotatable bonds is 4. The summed E-state index contributed by atoms with van der Waals surface area (Å²) in [6, 6.07) is 21.2. The zero-order valence-electron chi connectivity index (χ0n) is 22.6. The number of carbonyl (C=O) groups excluding carboxylic acids is 2. The van der Waals surface area contributed by atoms with Crippen LogP contribution in [0, 0.1) is 5.92 Å². The quantitative estimate of drug-likeness (QED) is 0.518. The fourth-order valence-electron chi connectivity index (χ4n) is 7.05. The summed E-state index contributed by atoms with van der Waals surface area (Å²) >= 11 is 1.73. The van der Waals surface area contributed by atoms with Crippen LogP contribution in [0.15, 0.2) is 60.7 Å². The molecule has 0 unspecified atom stereocenters. The fraction of sp³-hybridized carbons (Fsp3) is 0.433. The number of thiazole rings is 1. The van der Waals surface area contributed by atoms with Crippen molar-refractivity contribution < 1.29 is 29.9 Å². The molecule has 2 aromatic carbocycles. The number of hydrogen-bond donors (Lipinski definition) is 2. The lowest BCUT2D eigenvalue weighted by Crippen LogP contribution is -2.83. The highest BCUT2D eigenvalue weighted by molar-refractivity contribution is 7.14. The molecule has 0 bridgehead atoms. The molecule has 204 valence electrons. The number of quaternary nitrogens is 2. The Balaban J connectivity index is 1.36. The number of ether oxygens (including phenoxy) is 1. The Hall–Kier alpha value is -3.27. The van der Waals surface area contributed by atoms with Gasteiger partial charge >= 0.3 is 11.2 Å². The van der Waals surface area contributed by atoms with E-state index in [4.69, 9.17) is 4.74 Å². The van der Waals surface area contributed by atoms with Gasteiger partial charge in [-0.15, -0.1) is 4.98 Å². The molecule has 6 rings (SSSR count). The minimum Gasteiger partial charge on any atom is -0.453 e. The van der Waals surface area contributed by atoms with Crippen LogP contribution in [0.4, 0.5) is 9.93 Å². The standard InChI is InChI=1S/C30H35N5O3S/c1-31-28-33-24-17-34(29(37)38-2)19-30(26(24)39-28)18-32-16-23(30)27(36)35-14-13-22(20-9-5-3-6-10-20)15-25(35)21-11-7-4-8-12-21/h3-12,22-23,25,32H,13-19H2,1-2H3,(H,31,33)/p+3/t22-,23+,25+,30+/m1/s1. The summed E-state index contributed by atoms with van der Waals surface area (Å²) in [6.07, 6.45) is 1.51. The average molecular weight is 549 g/mol. The van der Waals surface area contributed by atoms with Gasteiger partial charge in [-0.3, -0.25) is 15.0 Å². The van der Waals surface area contributed by atoms with E-state index in [-0.39, 0.29) is 24.0 Å². The van der Waals surface area contributed by atoms with Crippen molar-refractivity contribution in [2.45, 2.75) is 36.8 Å². The van der Waals surface area contributed by atoms with E-state index < -0.39 is 5.41 Å². The summed E-state index contributed by atoms with van der Waals surface area (Å²) in [5.41, 5.74) is 3.12. The number of H-pyrrole nitrogens is 1. The summed E-state index contributed by atoms with van der Waals surface area (Å²) in [4.78, 5) is 36.1. The van der Waals surface area contributed by atoms with Crippen LogP contribution in [0.25, 0.3) is 0 Å². The average Bonchev–Trinajstić information content (AvgIpc) is 3.62. The Kier molecular flexibility index (Phi) is 7.14. The molecule has 2 fully saturated rings. The van der Waals surface area contributed by atoms with Gasteiger partial charge in [0.05, 0.1) is 38.7 Å². The van der Waals surface area contributed by atoms with Crippen LogP contribution in [0.1, 0.15) is 46.5 Å². The van der Waals surface area contributed by atoms with Gasteiger partial charge in [0, 0.05) is 13.1 Å².